The predicted molar refractivity (Wildman–Crippen MR) is 313 cm³/mol. The van der Waals surface area contributed by atoms with E-state index in [0.717, 1.165) is 38.9 Å². The molecule has 0 spiro atoms. The molecule has 2 aliphatic heterocycles. The third-order valence-corrected chi connectivity index (χ3v) is 14.8. The van der Waals surface area contributed by atoms with Crippen LogP contribution in [-0.2, 0) is 101 Å². The fourth-order valence-electron chi connectivity index (χ4n) is 9.30. The Labute approximate surface area is 484 Å². The summed E-state index contributed by atoms with van der Waals surface area (Å²) < 4.78 is 95.5. The molecule has 0 radical (unpaired) electrons. The van der Waals surface area contributed by atoms with Crippen LogP contribution in [0.3, 0.4) is 0 Å². The Morgan fingerprint density at radius 2 is 0.707 bits per heavy atom. The maximum absolute atomic E-state index is 13.2. The molecule has 434 valence electrons. The van der Waals surface area contributed by atoms with Gasteiger partial charge in [-0.1, -0.05) is 212 Å². The highest BCUT2D eigenvalue weighted by Gasteiger charge is 2.50. The number of benzene rings is 7. The Balaban J connectivity index is 0.000000243. The van der Waals surface area contributed by atoms with Gasteiger partial charge in [-0.3, -0.25) is 4.18 Å². The first-order chi connectivity index (χ1) is 40.2. The van der Waals surface area contributed by atoms with Crippen molar-refractivity contribution in [1.29, 1.82) is 0 Å². The molecule has 82 heavy (non-hydrogen) atoms. The van der Waals surface area contributed by atoms with Gasteiger partial charge in [-0.25, -0.2) is 0 Å². The van der Waals surface area contributed by atoms with Crippen molar-refractivity contribution >= 4 is 10.1 Å². The zero-order chi connectivity index (χ0) is 57.2. The molecule has 0 unspecified atom stereocenters. The number of hydrogen-bond donors (Lipinski definition) is 1. The molecule has 10 atom stereocenters. The molecular formula is C67H76O14S. The molecule has 1 N–H and O–H groups in total. The van der Waals surface area contributed by atoms with Crippen LogP contribution in [0, 0.1) is 6.92 Å². The molecule has 7 aromatic rings. The van der Waals surface area contributed by atoms with Gasteiger partial charge in [-0.05, 0) is 52.4 Å². The first-order valence-electron chi connectivity index (χ1n) is 27.5. The molecule has 7 aromatic carbocycles. The monoisotopic (exact) mass is 1140 g/mol. The van der Waals surface area contributed by atoms with Crippen molar-refractivity contribution in [2.24, 2.45) is 0 Å². The zero-order valence-corrected chi connectivity index (χ0v) is 47.0. The highest BCUT2D eigenvalue weighted by Crippen LogP contribution is 2.34. The van der Waals surface area contributed by atoms with Crippen molar-refractivity contribution in [1.82, 2.24) is 0 Å². The lowest BCUT2D eigenvalue weighted by Gasteiger charge is -2.45. The Bertz CT molecular complexity index is 3010. The van der Waals surface area contributed by atoms with Crippen LogP contribution in [0.15, 0.2) is 236 Å². The van der Waals surface area contributed by atoms with Crippen molar-refractivity contribution in [2.75, 3.05) is 26.4 Å². The van der Waals surface area contributed by atoms with E-state index in [1.165, 1.54) is 12.1 Å². The first-order valence-corrected chi connectivity index (χ1v) is 28.9. The minimum absolute atomic E-state index is 0. The van der Waals surface area contributed by atoms with Crippen LogP contribution in [0.1, 0.15) is 40.4 Å². The fraction of sp³-hybridized carbons (Fsp3) is 0.313. The third-order valence-electron chi connectivity index (χ3n) is 13.5. The van der Waals surface area contributed by atoms with Crippen LogP contribution in [0.4, 0.5) is 0 Å². The van der Waals surface area contributed by atoms with Crippen molar-refractivity contribution < 1.29 is 66.5 Å². The van der Waals surface area contributed by atoms with E-state index in [9.17, 15) is 13.5 Å². The molecule has 2 fully saturated rings. The summed E-state index contributed by atoms with van der Waals surface area (Å²) in [6, 6.07) is 65.5. The van der Waals surface area contributed by atoms with Gasteiger partial charge in [-0.2, -0.15) is 8.42 Å². The summed E-state index contributed by atoms with van der Waals surface area (Å²) in [6.07, 6.45) is -3.97. The molecule has 0 aromatic heterocycles. The van der Waals surface area contributed by atoms with Gasteiger partial charge in [0, 0.05) is 1.43 Å². The first kappa shape index (κ1) is 61.6. The lowest BCUT2D eigenvalue weighted by molar-refractivity contribution is -0.324. The summed E-state index contributed by atoms with van der Waals surface area (Å²) in [5.41, 5.74) is 6.85. The fourth-order valence-corrected chi connectivity index (χ4v) is 10.2. The molecular weight excluding hydrogens is 1060 g/mol. The molecule has 0 saturated carbocycles. The highest BCUT2D eigenvalue weighted by molar-refractivity contribution is 7.86. The maximum Gasteiger partial charge on any atom is 0.297 e. The van der Waals surface area contributed by atoms with E-state index in [1.54, 1.807) is 24.3 Å². The smallest absolute Gasteiger partial charge is 0.297 e. The molecule has 2 heterocycles. The van der Waals surface area contributed by atoms with Crippen LogP contribution in [0.5, 0.6) is 0 Å². The quantitative estimate of drug-likeness (QED) is 0.0349. The van der Waals surface area contributed by atoms with Crippen molar-refractivity contribution in [3.05, 3.63) is 271 Å². The Hall–Kier alpha value is -6.51. The molecule has 2 aliphatic rings. The van der Waals surface area contributed by atoms with Gasteiger partial charge < -0.3 is 52.5 Å². The predicted octanol–water partition coefficient (Wildman–Crippen LogP) is 11.3. The molecule has 0 bridgehead atoms. The highest BCUT2D eigenvalue weighted by atomic mass is 32.2. The second kappa shape index (κ2) is 33.0. The minimum atomic E-state index is -4.10. The Morgan fingerprint density at radius 1 is 0.415 bits per heavy atom. The summed E-state index contributed by atoms with van der Waals surface area (Å²) in [6.45, 7) is 11.1. The van der Waals surface area contributed by atoms with Gasteiger partial charge in [0.05, 0.1) is 71.0 Å². The van der Waals surface area contributed by atoms with E-state index < -0.39 is 71.5 Å². The van der Waals surface area contributed by atoms with E-state index >= 15 is 0 Å². The largest absolute Gasteiger partial charge is 0.394 e. The van der Waals surface area contributed by atoms with Crippen LogP contribution >= 0.6 is 0 Å². The van der Waals surface area contributed by atoms with E-state index in [0.29, 0.717) is 19.8 Å². The lowest BCUT2D eigenvalue weighted by Crippen LogP contribution is -2.61. The summed E-state index contributed by atoms with van der Waals surface area (Å²) in [5.74, 6) is 0. The van der Waals surface area contributed by atoms with Crippen molar-refractivity contribution in [3.8, 4) is 0 Å². The summed E-state index contributed by atoms with van der Waals surface area (Å²) in [4.78, 5) is 0.0519. The topological polar surface area (TPSA) is 156 Å². The van der Waals surface area contributed by atoms with Crippen LogP contribution in [0.25, 0.3) is 0 Å². The average Bonchev–Trinajstić information content (AvgIpc) is 3.70. The molecule has 0 aliphatic carbocycles. The lowest BCUT2D eigenvalue weighted by atomic mass is 9.98. The van der Waals surface area contributed by atoms with Gasteiger partial charge in [0.1, 0.15) is 48.8 Å². The average molecular weight is 1140 g/mol. The van der Waals surface area contributed by atoms with E-state index in [-0.39, 0.29) is 52.6 Å². The van der Waals surface area contributed by atoms with Crippen LogP contribution in [0.2, 0.25) is 0 Å². The van der Waals surface area contributed by atoms with Gasteiger partial charge in [0.2, 0.25) is 0 Å². The number of hydrogen-bond acceptors (Lipinski definition) is 14. The molecule has 9 rings (SSSR count). The van der Waals surface area contributed by atoms with Crippen LogP contribution < -0.4 is 0 Å². The van der Waals surface area contributed by atoms with Gasteiger partial charge in [0.15, 0.2) is 12.6 Å². The standard InChI is InChI=1S/C37H40O8S.C30H34O6.H2/c1-3-23-40-37-36(43-26-31-17-11-6-12-18-31)35(42-25-30-15-9-5-10-16-30)34(41-24-29-13-7-4-8-14-29)33(45-37)27-44-46(38,39)32-21-19-28(2)20-22-32;1-2-18-32-30-29(35-22-25-16-10-5-11-17-25)28(34-21-24-14-8-4-9-15-24)27(26(19-31)36-30)33-20-23-12-6-3-7-13-23;/h3-22,33-37H,1,23-27H2,2H3;2-17,26-31H,1,18-22H2;1H/t33-,34-,35+,36-,37+;26-,27-,28+,29-,30+;/m11./s1/i;;1+1. The van der Waals surface area contributed by atoms with Gasteiger partial charge in [-0.15, -0.1) is 13.2 Å². The summed E-state index contributed by atoms with van der Waals surface area (Å²) >= 11 is 0. The normalized spacial score (nSPS) is 22.6. The summed E-state index contributed by atoms with van der Waals surface area (Å²) in [5, 5.41) is 10.2. The number of aliphatic hydroxyl groups excluding tert-OH is 1. The molecule has 2 saturated heterocycles. The molecule has 14 nitrogen and oxygen atoms in total. The van der Waals surface area contributed by atoms with Gasteiger partial charge >= 0.3 is 0 Å². The zero-order valence-electron chi connectivity index (χ0n) is 46.2. The Kier molecular flexibility index (Phi) is 24.7. The number of aliphatic hydroxyl groups is 1. The summed E-state index contributed by atoms with van der Waals surface area (Å²) in [7, 11) is -4.10. The van der Waals surface area contributed by atoms with E-state index in [2.05, 4.69) is 13.2 Å². The van der Waals surface area contributed by atoms with E-state index in [1.807, 2.05) is 189 Å². The van der Waals surface area contributed by atoms with Gasteiger partial charge in [0.25, 0.3) is 10.1 Å². The second-order valence-corrected chi connectivity index (χ2v) is 21.2. The number of ether oxygens (including phenoxy) is 10. The maximum atomic E-state index is 13.2. The SMILES string of the molecule is C=CCO[C@H]1O[C@H](CO)[C@@H](OCc2ccccc2)[C@H](OCc2ccccc2)[C@H]1OCc1ccccc1.C=CCO[C@H]1O[C@H](COS(=O)(=O)c2ccc(C)cc2)[C@@H](OCc2ccccc2)[C@H](OCc2ccccc2)[C@H]1OCc1ccccc1.[2HH]. The number of rotatable bonds is 29. The van der Waals surface area contributed by atoms with Crippen molar-refractivity contribution in [3.63, 3.8) is 0 Å². The molecule has 0 amide bonds. The van der Waals surface area contributed by atoms with Crippen LogP contribution in [-0.4, -0.2) is 101 Å². The Morgan fingerprint density at radius 3 is 1.02 bits per heavy atom. The molecule has 15 heteroatoms. The second-order valence-electron chi connectivity index (χ2n) is 19.6. The van der Waals surface area contributed by atoms with Crippen molar-refractivity contribution in [2.45, 2.75) is 113 Å². The minimum Gasteiger partial charge on any atom is -0.394 e. The van der Waals surface area contributed by atoms with E-state index in [4.69, 9.17) is 51.6 Å². The number of aryl methyl sites for hydroxylation is 1. The third kappa shape index (κ3) is 18.8.